The molecule has 0 aromatic rings. The molecule has 0 radical (unpaired) electrons. The van der Waals surface area contributed by atoms with Gasteiger partial charge >= 0.3 is 0 Å². The van der Waals surface area contributed by atoms with Gasteiger partial charge in [0.05, 0.1) is 0 Å². The zero-order valence-electron chi connectivity index (χ0n) is 13.1. The third kappa shape index (κ3) is 4.44. The highest BCUT2D eigenvalue weighted by atomic mass is 15.2. The summed E-state index contributed by atoms with van der Waals surface area (Å²) in [4.78, 5) is 5.39. The van der Waals surface area contributed by atoms with E-state index in [0.29, 0.717) is 6.04 Å². The van der Waals surface area contributed by atoms with Crippen LogP contribution in [0.2, 0.25) is 0 Å². The fourth-order valence-corrected chi connectivity index (χ4v) is 3.79. The van der Waals surface area contributed by atoms with E-state index in [9.17, 15) is 0 Å². The Morgan fingerprint density at radius 2 is 1.53 bits per heavy atom. The van der Waals surface area contributed by atoms with Crippen LogP contribution in [-0.2, 0) is 0 Å². The molecule has 0 aromatic carbocycles. The zero-order chi connectivity index (χ0) is 13.8. The summed E-state index contributed by atoms with van der Waals surface area (Å²) in [5, 5.41) is 0. The minimum absolute atomic E-state index is 0.384. The second-order valence-electron chi connectivity index (χ2n) is 7.16. The number of hydrogen-bond acceptors (Lipinski definition) is 3. The third-order valence-electron chi connectivity index (χ3n) is 5.01. The van der Waals surface area contributed by atoms with E-state index in [1.165, 1.54) is 58.4 Å². The molecular formula is C16H33N3. The first-order valence-electron chi connectivity index (χ1n) is 8.28. The summed E-state index contributed by atoms with van der Waals surface area (Å²) < 4.78 is 0. The molecule has 112 valence electrons. The standard InChI is InChI=1S/C16H33N3/c1-13(2)12-18-8-6-16(7-9-18)19-10-4-15(5-11-19)14(3)17/h13-16H,4-12,17H2,1-3H3. The zero-order valence-corrected chi connectivity index (χ0v) is 13.1. The maximum atomic E-state index is 6.03. The summed E-state index contributed by atoms with van der Waals surface area (Å²) in [7, 11) is 0. The van der Waals surface area contributed by atoms with Crippen molar-refractivity contribution in [1.82, 2.24) is 9.80 Å². The second kappa shape index (κ2) is 7.05. The van der Waals surface area contributed by atoms with Gasteiger partial charge in [-0.25, -0.2) is 0 Å². The fourth-order valence-electron chi connectivity index (χ4n) is 3.79. The molecule has 19 heavy (non-hydrogen) atoms. The fraction of sp³-hybridized carbons (Fsp3) is 1.00. The van der Waals surface area contributed by atoms with Gasteiger partial charge < -0.3 is 15.5 Å². The predicted molar refractivity (Wildman–Crippen MR) is 82.2 cm³/mol. The molecule has 2 fully saturated rings. The van der Waals surface area contributed by atoms with E-state index in [2.05, 4.69) is 30.6 Å². The van der Waals surface area contributed by atoms with Crippen LogP contribution in [0.3, 0.4) is 0 Å². The van der Waals surface area contributed by atoms with Gasteiger partial charge in [0, 0.05) is 18.6 Å². The topological polar surface area (TPSA) is 32.5 Å². The molecule has 3 nitrogen and oxygen atoms in total. The molecule has 0 aliphatic carbocycles. The first kappa shape index (κ1) is 15.3. The lowest BCUT2D eigenvalue weighted by atomic mass is 9.89. The molecule has 2 aliphatic heterocycles. The number of nitrogens with zero attached hydrogens (tertiary/aromatic N) is 2. The van der Waals surface area contributed by atoms with Crippen LogP contribution in [0.15, 0.2) is 0 Å². The van der Waals surface area contributed by atoms with E-state index in [1.807, 2.05) is 0 Å². The number of nitrogens with two attached hydrogens (primary N) is 1. The van der Waals surface area contributed by atoms with Gasteiger partial charge in [-0.3, -0.25) is 0 Å². The number of hydrogen-bond donors (Lipinski definition) is 1. The van der Waals surface area contributed by atoms with Crippen LogP contribution in [0.4, 0.5) is 0 Å². The maximum Gasteiger partial charge on any atom is 0.0120 e. The molecule has 2 aliphatic rings. The summed E-state index contributed by atoms with van der Waals surface area (Å²) in [5.74, 6) is 1.57. The largest absolute Gasteiger partial charge is 0.328 e. The van der Waals surface area contributed by atoms with Crippen molar-refractivity contribution in [2.24, 2.45) is 17.6 Å². The van der Waals surface area contributed by atoms with Gasteiger partial charge in [0.2, 0.25) is 0 Å². The van der Waals surface area contributed by atoms with Crippen molar-refractivity contribution < 1.29 is 0 Å². The van der Waals surface area contributed by atoms with Crippen LogP contribution < -0.4 is 5.73 Å². The van der Waals surface area contributed by atoms with Gasteiger partial charge in [0.15, 0.2) is 0 Å². The summed E-state index contributed by atoms with van der Waals surface area (Å²) in [5.41, 5.74) is 6.03. The van der Waals surface area contributed by atoms with Gasteiger partial charge in [0.25, 0.3) is 0 Å². The molecule has 2 rings (SSSR count). The van der Waals surface area contributed by atoms with Crippen molar-refractivity contribution in [3.8, 4) is 0 Å². The normalized spacial score (nSPS) is 27.0. The second-order valence-corrected chi connectivity index (χ2v) is 7.16. The molecule has 0 saturated carbocycles. The molecule has 0 aromatic heterocycles. The Morgan fingerprint density at radius 1 is 0.947 bits per heavy atom. The molecule has 0 bridgehead atoms. The number of rotatable bonds is 4. The van der Waals surface area contributed by atoms with E-state index in [1.54, 1.807) is 0 Å². The Hall–Kier alpha value is -0.120. The van der Waals surface area contributed by atoms with Crippen LogP contribution in [-0.4, -0.2) is 54.6 Å². The quantitative estimate of drug-likeness (QED) is 0.847. The molecule has 1 unspecified atom stereocenters. The highest BCUT2D eigenvalue weighted by molar-refractivity contribution is 4.85. The van der Waals surface area contributed by atoms with Gasteiger partial charge in [-0.05, 0) is 70.6 Å². The lowest BCUT2D eigenvalue weighted by molar-refractivity contribution is 0.0705. The minimum atomic E-state index is 0.384. The van der Waals surface area contributed by atoms with Crippen molar-refractivity contribution in [3.05, 3.63) is 0 Å². The van der Waals surface area contributed by atoms with Gasteiger partial charge in [0.1, 0.15) is 0 Å². The average Bonchev–Trinajstić information content (AvgIpc) is 2.39. The molecule has 0 spiro atoms. The Morgan fingerprint density at radius 3 is 2.00 bits per heavy atom. The Bertz CT molecular complexity index is 249. The molecule has 0 amide bonds. The summed E-state index contributed by atoms with van der Waals surface area (Å²) >= 11 is 0. The Labute approximate surface area is 119 Å². The number of piperidine rings is 2. The van der Waals surface area contributed by atoms with Gasteiger partial charge in [-0.1, -0.05) is 13.8 Å². The molecule has 3 heteroatoms. The van der Waals surface area contributed by atoms with E-state index < -0.39 is 0 Å². The highest BCUT2D eigenvalue weighted by Crippen LogP contribution is 2.25. The van der Waals surface area contributed by atoms with Crippen LogP contribution in [0.25, 0.3) is 0 Å². The lowest BCUT2D eigenvalue weighted by Crippen LogP contribution is -2.49. The van der Waals surface area contributed by atoms with Crippen LogP contribution in [0, 0.1) is 11.8 Å². The van der Waals surface area contributed by atoms with Crippen molar-refractivity contribution in [3.63, 3.8) is 0 Å². The first-order valence-corrected chi connectivity index (χ1v) is 8.28. The van der Waals surface area contributed by atoms with Crippen LogP contribution in [0.1, 0.15) is 46.5 Å². The predicted octanol–water partition coefficient (Wildman–Crippen LogP) is 2.17. The Balaban J connectivity index is 1.71. The summed E-state index contributed by atoms with van der Waals surface area (Å²) in [6.45, 7) is 13.3. The van der Waals surface area contributed by atoms with Crippen molar-refractivity contribution in [2.75, 3.05) is 32.7 Å². The van der Waals surface area contributed by atoms with Crippen molar-refractivity contribution in [2.45, 2.75) is 58.5 Å². The van der Waals surface area contributed by atoms with Crippen molar-refractivity contribution in [1.29, 1.82) is 0 Å². The summed E-state index contributed by atoms with van der Waals surface area (Å²) in [6.07, 6.45) is 5.36. The monoisotopic (exact) mass is 267 g/mol. The SMILES string of the molecule is CC(C)CN1CCC(N2CCC(C(C)N)CC2)CC1. The van der Waals surface area contributed by atoms with E-state index >= 15 is 0 Å². The van der Waals surface area contributed by atoms with E-state index in [-0.39, 0.29) is 0 Å². The highest BCUT2D eigenvalue weighted by Gasteiger charge is 2.29. The maximum absolute atomic E-state index is 6.03. The molecular weight excluding hydrogens is 234 g/mol. The molecule has 2 heterocycles. The molecule has 2 N–H and O–H groups in total. The van der Waals surface area contributed by atoms with Crippen LogP contribution in [0.5, 0.6) is 0 Å². The Kier molecular flexibility index (Phi) is 5.67. The smallest absolute Gasteiger partial charge is 0.0120 e. The lowest BCUT2D eigenvalue weighted by Gasteiger charge is -2.42. The molecule has 2 saturated heterocycles. The minimum Gasteiger partial charge on any atom is -0.328 e. The van der Waals surface area contributed by atoms with Crippen LogP contribution >= 0.6 is 0 Å². The van der Waals surface area contributed by atoms with E-state index in [4.69, 9.17) is 5.73 Å². The number of likely N-dealkylation sites (tertiary alicyclic amines) is 2. The van der Waals surface area contributed by atoms with Gasteiger partial charge in [-0.15, -0.1) is 0 Å². The summed E-state index contributed by atoms with van der Waals surface area (Å²) in [6, 6.07) is 1.23. The van der Waals surface area contributed by atoms with Gasteiger partial charge in [-0.2, -0.15) is 0 Å². The third-order valence-corrected chi connectivity index (χ3v) is 5.01. The van der Waals surface area contributed by atoms with Crippen molar-refractivity contribution >= 4 is 0 Å². The molecule has 1 atom stereocenters. The first-order chi connectivity index (χ1) is 9.06. The average molecular weight is 267 g/mol. The van der Waals surface area contributed by atoms with E-state index in [0.717, 1.165) is 17.9 Å².